The third-order valence-corrected chi connectivity index (χ3v) is 2.55. The number of rotatable bonds is 4. The zero-order valence-corrected chi connectivity index (χ0v) is 13.7. The van der Waals surface area contributed by atoms with Crippen LogP contribution in [0.15, 0.2) is 41.7 Å². The molecule has 0 fully saturated rings. The van der Waals surface area contributed by atoms with Gasteiger partial charge in [-0.3, -0.25) is 4.68 Å². The Bertz CT molecular complexity index is 564. The SMILES string of the molecule is COc1ccc(NC(N)=NCc2cnn(C)c2)cc1.I. The number of nitrogens with one attached hydrogen (secondary N) is 1. The van der Waals surface area contributed by atoms with Crippen LogP contribution in [0.3, 0.4) is 0 Å². The lowest BCUT2D eigenvalue weighted by Gasteiger charge is -2.06. The zero-order chi connectivity index (χ0) is 13.7. The molecule has 0 aliphatic rings. The van der Waals surface area contributed by atoms with Crippen LogP contribution < -0.4 is 15.8 Å². The van der Waals surface area contributed by atoms with E-state index in [1.165, 1.54) is 0 Å². The molecule has 1 aromatic carbocycles. The van der Waals surface area contributed by atoms with Gasteiger partial charge >= 0.3 is 0 Å². The highest BCUT2D eigenvalue weighted by Gasteiger charge is 1.98. The van der Waals surface area contributed by atoms with Crippen LogP contribution in [0.2, 0.25) is 0 Å². The lowest BCUT2D eigenvalue weighted by atomic mass is 10.3. The number of anilines is 1. The number of hydrogen-bond donors (Lipinski definition) is 2. The summed E-state index contributed by atoms with van der Waals surface area (Å²) in [6.45, 7) is 0.503. The van der Waals surface area contributed by atoms with Crippen LogP contribution in [-0.4, -0.2) is 22.8 Å². The number of benzene rings is 1. The van der Waals surface area contributed by atoms with E-state index < -0.39 is 0 Å². The van der Waals surface area contributed by atoms with Gasteiger partial charge in [0.25, 0.3) is 0 Å². The highest BCUT2D eigenvalue weighted by Crippen LogP contribution is 2.14. The molecule has 6 nitrogen and oxygen atoms in total. The van der Waals surface area contributed by atoms with Crippen molar-refractivity contribution in [3.63, 3.8) is 0 Å². The first kappa shape index (κ1) is 16.3. The normalized spacial score (nSPS) is 10.8. The van der Waals surface area contributed by atoms with Gasteiger partial charge in [-0.1, -0.05) is 0 Å². The molecule has 0 aliphatic heterocycles. The van der Waals surface area contributed by atoms with Crippen LogP contribution in [0.5, 0.6) is 5.75 Å². The number of ether oxygens (including phenoxy) is 1. The number of aryl methyl sites for hydroxylation is 1. The summed E-state index contributed by atoms with van der Waals surface area (Å²) in [7, 11) is 3.50. The van der Waals surface area contributed by atoms with Crippen molar-refractivity contribution in [3.05, 3.63) is 42.2 Å². The van der Waals surface area contributed by atoms with Gasteiger partial charge in [0.15, 0.2) is 5.96 Å². The van der Waals surface area contributed by atoms with Crippen LogP contribution in [0.1, 0.15) is 5.56 Å². The van der Waals surface area contributed by atoms with Gasteiger partial charge in [0, 0.05) is 24.5 Å². The van der Waals surface area contributed by atoms with Gasteiger partial charge in [0.05, 0.1) is 19.9 Å². The Labute approximate surface area is 135 Å². The number of hydrogen-bond acceptors (Lipinski definition) is 3. The molecule has 0 unspecified atom stereocenters. The highest BCUT2D eigenvalue weighted by molar-refractivity contribution is 14.0. The Morgan fingerprint density at radius 3 is 2.65 bits per heavy atom. The van der Waals surface area contributed by atoms with Crippen LogP contribution in [-0.2, 0) is 13.6 Å². The van der Waals surface area contributed by atoms with Gasteiger partial charge in [0.2, 0.25) is 0 Å². The molecule has 1 heterocycles. The van der Waals surface area contributed by atoms with E-state index in [2.05, 4.69) is 15.4 Å². The number of aromatic nitrogens is 2. The largest absolute Gasteiger partial charge is 0.497 e. The minimum Gasteiger partial charge on any atom is -0.497 e. The standard InChI is InChI=1S/C13H17N5O.HI/c1-18-9-10(8-16-18)7-15-13(14)17-11-3-5-12(19-2)6-4-11;/h3-6,8-9H,7H2,1-2H3,(H3,14,15,17);1H. The maximum atomic E-state index is 5.81. The van der Waals surface area contributed by atoms with E-state index in [0.29, 0.717) is 12.5 Å². The molecule has 0 saturated heterocycles. The lowest BCUT2D eigenvalue weighted by Crippen LogP contribution is -2.22. The number of nitrogens with zero attached hydrogens (tertiary/aromatic N) is 3. The summed E-state index contributed by atoms with van der Waals surface area (Å²) in [6, 6.07) is 7.48. The van der Waals surface area contributed by atoms with E-state index in [1.807, 2.05) is 37.5 Å². The van der Waals surface area contributed by atoms with Crippen molar-refractivity contribution in [2.75, 3.05) is 12.4 Å². The van der Waals surface area contributed by atoms with Crippen LogP contribution >= 0.6 is 24.0 Å². The maximum absolute atomic E-state index is 5.81. The molecule has 0 saturated carbocycles. The minimum atomic E-state index is 0. The van der Waals surface area contributed by atoms with Crippen molar-refractivity contribution in [1.29, 1.82) is 0 Å². The van der Waals surface area contributed by atoms with Crippen molar-refractivity contribution >= 4 is 35.6 Å². The van der Waals surface area contributed by atoms with Crippen LogP contribution in [0.4, 0.5) is 5.69 Å². The number of halogens is 1. The van der Waals surface area contributed by atoms with Crippen LogP contribution in [0, 0.1) is 0 Å². The monoisotopic (exact) mass is 387 g/mol. The molecule has 0 radical (unpaired) electrons. The van der Waals surface area contributed by atoms with E-state index in [-0.39, 0.29) is 24.0 Å². The fourth-order valence-corrected chi connectivity index (χ4v) is 1.59. The quantitative estimate of drug-likeness (QED) is 0.478. The van der Waals surface area contributed by atoms with Crippen molar-refractivity contribution in [2.45, 2.75) is 6.54 Å². The smallest absolute Gasteiger partial charge is 0.193 e. The first-order valence-electron chi connectivity index (χ1n) is 5.86. The molecule has 0 spiro atoms. The molecular formula is C13H18IN5O. The molecule has 0 atom stereocenters. The summed E-state index contributed by atoms with van der Waals surface area (Å²) >= 11 is 0. The molecule has 3 N–H and O–H groups in total. The first-order chi connectivity index (χ1) is 9.17. The second-order valence-electron chi connectivity index (χ2n) is 4.08. The third kappa shape index (κ3) is 4.72. The minimum absolute atomic E-state index is 0. The second kappa shape index (κ2) is 7.73. The van der Waals surface area contributed by atoms with E-state index in [1.54, 1.807) is 18.0 Å². The van der Waals surface area contributed by atoms with Gasteiger partial charge < -0.3 is 15.8 Å². The summed E-state index contributed by atoms with van der Waals surface area (Å²) in [5, 5.41) is 7.09. The van der Waals surface area contributed by atoms with E-state index >= 15 is 0 Å². The summed E-state index contributed by atoms with van der Waals surface area (Å²) in [5.41, 5.74) is 7.70. The average molecular weight is 387 g/mol. The Balaban J connectivity index is 0.00000200. The molecule has 108 valence electrons. The molecule has 7 heteroatoms. The first-order valence-corrected chi connectivity index (χ1v) is 5.86. The van der Waals surface area contributed by atoms with Crippen molar-refractivity contribution in [3.8, 4) is 5.75 Å². The number of aliphatic imine (C=N–C) groups is 1. The highest BCUT2D eigenvalue weighted by atomic mass is 127. The third-order valence-electron chi connectivity index (χ3n) is 2.55. The molecule has 0 amide bonds. The number of methoxy groups -OCH3 is 1. The Morgan fingerprint density at radius 1 is 1.40 bits per heavy atom. The summed E-state index contributed by atoms with van der Waals surface area (Å²) < 4.78 is 6.82. The molecular weight excluding hydrogens is 369 g/mol. The summed E-state index contributed by atoms with van der Waals surface area (Å²) in [4.78, 5) is 4.24. The van der Waals surface area contributed by atoms with E-state index in [4.69, 9.17) is 10.5 Å². The summed E-state index contributed by atoms with van der Waals surface area (Å²) in [6.07, 6.45) is 3.67. The second-order valence-corrected chi connectivity index (χ2v) is 4.08. The molecule has 1 aromatic heterocycles. The van der Waals surface area contributed by atoms with Gasteiger partial charge in [0.1, 0.15) is 5.75 Å². The fourth-order valence-electron chi connectivity index (χ4n) is 1.59. The summed E-state index contributed by atoms with van der Waals surface area (Å²) in [5.74, 6) is 1.17. The van der Waals surface area contributed by atoms with E-state index in [0.717, 1.165) is 17.0 Å². The van der Waals surface area contributed by atoms with Crippen molar-refractivity contribution in [1.82, 2.24) is 9.78 Å². The predicted octanol–water partition coefficient (Wildman–Crippen LogP) is 1.97. The molecule has 2 aromatic rings. The molecule has 2 rings (SSSR count). The van der Waals surface area contributed by atoms with E-state index in [9.17, 15) is 0 Å². The molecule has 0 bridgehead atoms. The predicted molar refractivity (Wildman–Crippen MR) is 90.6 cm³/mol. The Hall–Kier alpha value is -1.77. The number of guanidine groups is 1. The van der Waals surface area contributed by atoms with Crippen molar-refractivity contribution < 1.29 is 4.74 Å². The Morgan fingerprint density at radius 2 is 2.10 bits per heavy atom. The van der Waals surface area contributed by atoms with Crippen LogP contribution in [0.25, 0.3) is 0 Å². The Kier molecular flexibility index (Phi) is 6.29. The van der Waals surface area contributed by atoms with Gasteiger partial charge in [-0.05, 0) is 24.3 Å². The fraction of sp³-hybridized carbons (Fsp3) is 0.231. The topological polar surface area (TPSA) is 77.5 Å². The maximum Gasteiger partial charge on any atom is 0.193 e. The zero-order valence-electron chi connectivity index (χ0n) is 11.4. The molecule has 20 heavy (non-hydrogen) atoms. The molecule has 0 aliphatic carbocycles. The van der Waals surface area contributed by atoms with Gasteiger partial charge in [-0.2, -0.15) is 5.10 Å². The average Bonchev–Trinajstić information content (AvgIpc) is 2.83. The number of nitrogens with two attached hydrogens (primary N) is 1. The van der Waals surface area contributed by atoms with Gasteiger partial charge in [-0.25, -0.2) is 4.99 Å². The van der Waals surface area contributed by atoms with Gasteiger partial charge in [-0.15, -0.1) is 24.0 Å². The van der Waals surface area contributed by atoms with Crippen molar-refractivity contribution in [2.24, 2.45) is 17.8 Å². The lowest BCUT2D eigenvalue weighted by molar-refractivity contribution is 0.415.